The molecule has 1 saturated heterocycles. The third-order valence-electron chi connectivity index (χ3n) is 2.88. The zero-order valence-electron chi connectivity index (χ0n) is 10.0. The summed E-state index contributed by atoms with van der Waals surface area (Å²) in [6.45, 7) is 6.98. The maximum atomic E-state index is 5.19. The van der Waals surface area contributed by atoms with E-state index in [2.05, 4.69) is 32.3 Å². The molecule has 0 radical (unpaired) electrons. The number of anilines is 1. The molecule has 1 aliphatic rings. The largest absolute Gasteiger partial charge is 0.374 e. The molecule has 2 unspecified atom stereocenters. The molecular weight excluding hydrogens is 206 g/mol. The van der Waals surface area contributed by atoms with Crippen molar-refractivity contribution in [3.05, 3.63) is 5.82 Å². The van der Waals surface area contributed by atoms with Crippen LogP contribution in [0.3, 0.4) is 0 Å². The summed E-state index contributed by atoms with van der Waals surface area (Å²) in [5.41, 5.74) is 0. The van der Waals surface area contributed by atoms with E-state index in [1.165, 1.54) is 0 Å². The van der Waals surface area contributed by atoms with Gasteiger partial charge in [-0.25, -0.2) is 0 Å². The van der Waals surface area contributed by atoms with E-state index in [1.807, 2.05) is 6.92 Å². The summed E-state index contributed by atoms with van der Waals surface area (Å²) in [6, 6.07) is 0.482. The minimum Gasteiger partial charge on any atom is -0.374 e. The van der Waals surface area contributed by atoms with Gasteiger partial charge in [0, 0.05) is 32.8 Å². The van der Waals surface area contributed by atoms with Crippen LogP contribution >= 0.6 is 0 Å². The maximum Gasteiger partial charge on any atom is 0.244 e. The molecule has 16 heavy (non-hydrogen) atoms. The number of methoxy groups -OCH3 is 1. The van der Waals surface area contributed by atoms with Crippen LogP contribution in [0.5, 0.6) is 0 Å². The van der Waals surface area contributed by atoms with Crippen LogP contribution in [-0.4, -0.2) is 48.0 Å². The molecule has 1 aromatic heterocycles. The first-order chi connectivity index (χ1) is 7.70. The number of hydrogen-bond acceptors (Lipinski definition) is 5. The van der Waals surface area contributed by atoms with E-state index >= 15 is 0 Å². The number of aromatic nitrogens is 3. The zero-order chi connectivity index (χ0) is 11.5. The van der Waals surface area contributed by atoms with Crippen LogP contribution in [0.2, 0.25) is 0 Å². The van der Waals surface area contributed by atoms with Crippen molar-refractivity contribution >= 4 is 5.95 Å². The average molecular weight is 225 g/mol. The van der Waals surface area contributed by atoms with E-state index in [0.29, 0.717) is 6.04 Å². The predicted octanol–water partition coefficient (Wildman–Crippen LogP) is 0.310. The molecule has 0 amide bonds. The average Bonchev–Trinajstić information content (AvgIpc) is 2.77. The van der Waals surface area contributed by atoms with Gasteiger partial charge in [-0.1, -0.05) is 0 Å². The summed E-state index contributed by atoms with van der Waals surface area (Å²) in [4.78, 5) is 6.63. The van der Waals surface area contributed by atoms with Crippen molar-refractivity contribution in [2.24, 2.45) is 0 Å². The molecule has 0 aromatic carbocycles. The molecule has 0 saturated carbocycles. The van der Waals surface area contributed by atoms with Crippen molar-refractivity contribution in [2.45, 2.75) is 26.0 Å². The monoisotopic (exact) mass is 225 g/mol. The number of ether oxygens (including phenoxy) is 1. The standard InChI is InChI=1S/C10H19N5O/c1-7-6-15(5-4-11-7)10-12-9(13-14-10)8(2)16-3/h7-8,11H,4-6H2,1-3H3,(H,12,13,14). The number of piperazine rings is 1. The lowest BCUT2D eigenvalue weighted by Gasteiger charge is -2.30. The molecule has 2 heterocycles. The highest BCUT2D eigenvalue weighted by Crippen LogP contribution is 2.15. The van der Waals surface area contributed by atoms with E-state index < -0.39 is 0 Å². The summed E-state index contributed by atoms with van der Waals surface area (Å²) < 4.78 is 5.19. The third kappa shape index (κ3) is 2.33. The van der Waals surface area contributed by atoms with Gasteiger partial charge in [-0.2, -0.15) is 4.98 Å². The van der Waals surface area contributed by atoms with E-state index in [9.17, 15) is 0 Å². The Labute approximate surface area is 95.4 Å². The fourth-order valence-electron chi connectivity index (χ4n) is 1.81. The second kappa shape index (κ2) is 4.80. The molecule has 90 valence electrons. The van der Waals surface area contributed by atoms with Crippen molar-refractivity contribution in [3.63, 3.8) is 0 Å². The van der Waals surface area contributed by atoms with Gasteiger partial charge in [-0.3, -0.25) is 5.10 Å². The Morgan fingerprint density at radius 1 is 1.56 bits per heavy atom. The van der Waals surface area contributed by atoms with E-state index in [4.69, 9.17) is 4.74 Å². The molecule has 0 spiro atoms. The Balaban J connectivity index is 2.06. The van der Waals surface area contributed by atoms with Crippen molar-refractivity contribution in [1.82, 2.24) is 20.5 Å². The summed E-state index contributed by atoms with van der Waals surface area (Å²) in [5.74, 6) is 1.55. The normalized spacial score (nSPS) is 23.4. The minimum absolute atomic E-state index is 0.0402. The summed E-state index contributed by atoms with van der Waals surface area (Å²) in [6.07, 6.45) is -0.0402. The highest BCUT2D eigenvalue weighted by atomic mass is 16.5. The molecular formula is C10H19N5O. The molecule has 2 N–H and O–H groups in total. The molecule has 1 aliphatic heterocycles. The van der Waals surface area contributed by atoms with Gasteiger partial charge in [0.2, 0.25) is 5.95 Å². The number of hydrogen-bond donors (Lipinski definition) is 2. The lowest BCUT2D eigenvalue weighted by atomic mass is 10.2. The van der Waals surface area contributed by atoms with Gasteiger partial charge in [0.15, 0.2) is 5.82 Å². The van der Waals surface area contributed by atoms with E-state index in [0.717, 1.165) is 31.4 Å². The fourth-order valence-corrected chi connectivity index (χ4v) is 1.81. The van der Waals surface area contributed by atoms with Gasteiger partial charge in [-0.05, 0) is 13.8 Å². The first-order valence-corrected chi connectivity index (χ1v) is 5.64. The molecule has 1 aromatic rings. The van der Waals surface area contributed by atoms with Crippen LogP contribution in [0.1, 0.15) is 25.8 Å². The van der Waals surface area contributed by atoms with Crippen molar-refractivity contribution in [2.75, 3.05) is 31.6 Å². The smallest absolute Gasteiger partial charge is 0.244 e. The Bertz CT molecular complexity index is 340. The number of aromatic amines is 1. The quantitative estimate of drug-likeness (QED) is 0.775. The molecule has 2 atom stereocenters. The Kier molecular flexibility index (Phi) is 3.40. The predicted molar refractivity (Wildman–Crippen MR) is 61.5 cm³/mol. The van der Waals surface area contributed by atoms with Crippen LogP contribution in [0.25, 0.3) is 0 Å². The Morgan fingerprint density at radius 2 is 2.38 bits per heavy atom. The first-order valence-electron chi connectivity index (χ1n) is 5.64. The number of rotatable bonds is 3. The van der Waals surface area contributed by atoms with Crippen molar-refractivity contribution < 1.29 is 4.74 Å². The first kappa shape index (κ1) is 11.3. The Morgan fingerprint density at radius 3 is 3.06 bits per heavy atom. The SMILES string of the molecule is COC(C)c1nc(N2CCNC(C)C2)n[nH]1. The van der Waals surface area contributed by atoms with Crippen LogP contribution < -0.4 is 10.2 Å². The molecule has 0 aliphatic carbocycles. The number of nitrogens with zero attached hydrogens (tertiary/aromatic N) is 3. The highest BCUT2D eigenvalue weighted by Gasteiger charge is 2.20. The molecule has 2 rings (SSSR count). The number of H-pyrrole nitrogens is 1. The van der Waals surface area contributed by atoms with Crippen LogP contribution in [-0.2, 0) is 4.74 Å². The lowest BCUT2D eigenvalue weighted by Crippen LogP contribution is -2.49. The summed E-state index contributed by atoms with van der Waals surface area (Å²) >= 11 is 0. The molecule has 6 nitrogen and oxygen atoms in total. The van der Waals surface area contributed by atoms with E-state index in [1.54, 1.807) is 7.11 Å². The maximum absolute atomic E-state index is 5.19. The van der Waals surface area contributed by atoms with Gasteiger partial charge in [0.25, 0.3) is 0 Å². The molecule has 6 heteroatoms. The Hall–Kier alpha value is -1.14. The van der Waals surface area contributed by atoms with Crippen molar-refractivity contribution in [1.29, 1.82) is 0 Å². The zero-order valence-corrected chi connectivity index (χ0v) is 10.0. The minimum atomic E-state index is -0.0402. The van der Waals surface area contributed by atoms with Gasteiger partial charge in [0.1, 0.15) is 6.10 Å². The van der Waals surface area contributed by atoms with Crippen LogP contribution in [0.4, 0.5) is 5.95 Å². The van der Waals surface area contributed by atoms with Crippen LogP contribution in [0.15, 0.2) is 0 Å². The fraction of sp³-hybridized carbons (Fsp3) is 0.800. The topological polar surface area (TPSA) is 66.1 Å². The molecule has 0 bridgehead atoms. The van der Waals surface area contributed by atoms with Gasteiger partial charge in [-0.15, -0.1) is 5.10 Å². The van der Waals surface area contributed by atoms with Gasteiger partial charge in [0.05, 0.1) is 0 Å². The number of nitrogens with one attached hydrogen (secondary N) is 2. The summed E-state index contributed by atoms with van der Waals surface area (Å²) in [5, 5.41) is 10.5. The third-order valence-corrected chi connectivity index (χ3v) is 2.88. The van der Waals surface area contributed by atoms with Crippen LogP contribution in [0, 0.1) is 0 Å². The van der Waals surface area contributed by atoms with Gasteiger partial charge >= 0.3 is 0 Å². The van der Waals surface area contributed by atoms with E-state index in [-0.39, 0.29) is 6.10 Å². The van der Waals surface area contributed by atoms with Crippen molar-refractivity contribution in [3.8, 4) is 0 Å². The highest BCUT2D eigenvalue weighted by molar-refractivity contribution is 5.30. The molecule has 1 fully saturated rings. The lowest BCUT2D eigenvalue weighted by molar-refractivity contribution is 0.112. The van der Waals surface area contributed by atoms with Gasteiger partial charge < -0.3 is 15.0 Å². The second-order valence-electron chi connectivity index (χ2n) is 4.20. The second-order valence-corrected chi connectivity index (χ2v) is 4.20. The summed E-state index contributed by atoms with van der Waals surface area (Å²) in [7, 11) is 1.67.